The maximum Gasteiger partial charge on any atom is 0.276 e. The summed E-state index contributed by atoms with van der Waals surface area (Å²) < 4.78 is 11.0. The molecular weight excluding hydrogens is 316 g/mol. The molecule has 1 heterocycles. The zero-order valence-corrected chi connectivity index (χ0v) is 15.5. The number of furan rings is 1. The minimum atomic E-state index is -0.302. The maximum atomic E-state index is 11.9. The van der Waals surface area contributed by atoms with E-state index in [9.17, 15) is 4.79 Å². The number of hydrazine groups is 1. The van der Waals surface area contributed by atoms with Crippen LogP contribution in [-0.2, 0) is 10.2 Å². The summed E-state index contributed by atoms with van der Waals surface area (Å²) in [5.41, 5.74) is 8.06. The number of aryl methyl sites for hydroxylation is 2. The first kappa shape index (κ1) is 18.6. The van der Waals surface area contributed by atoms with Crippen molar-refractivity contribution < 1.29 is 13.9 Å². The molecule has 0 saturated carbocycles. The van der Waals surface area contributed by atoms with Crippen LogP contribution >= 0.6 is 0 Å². The van der Waals surface area contributed by atoms with E-state index in [1.54, 1.807) is 6.07 Å². The number of amides is 1. The molecule has 134 valence electrons. The molecule has 0 aliphatic heterocycles. The molecule has 1 aromatic heterocycles. The lowest BCUT2D eigenvalue weighted by Crippen LogP contribution is -2.38. The molecule has 0 bridgehead atoms. The molecule has 1 aromatic carbocycles. The second-order valence-corrected chi connectivity index (χ2v) is 7.08. The Labute approximate surface area is 149 Å². The van der Waals surface area contributed by atoms with Crippen LogP contribution in [-0.4, -0.2) is 12.5 Å². The number of rotatable bonds is 6. The Morgan fingerprint density at radius 1 is 1.16 bits per heavy atom. The Bertz CT molecular complexity index is 769. The topological polar surface area (TPSA) is 63.5 Å². The molecule has 0 aliphatic rings. The van der Waals surface area contributed by atoms with Crippen LogP contribution in [0.3, 0.4) is 0 Å². The molecule has 0 saturated heterocycles. The van der Waals surface area contributed by atoms with Crippen molar-refractivity contribution in [3.05, 3.63) is 59.6 Å². The van der Waals surface area contributed by atoms with E-state index < -0.39 is 0 Å². The molecule has 0 unspecified atom stereocenters. The van der Waals surface area contributed by atoms with Gasteiger partial charge < -0.3 is 9.15 Å². The van der Waals surface area contributed by atoms with Gasteiger partial charge in [-0.05, 0) is 48.6 Å². The third-order valence-electron chi connectivity index (χ3n) is 3.79. The second kappa shape index (κ2) is 7.47. The van der Waals surface area contributed by atoms with Crippen molar-refractivity contribution in [1.29, 1.82) is 0 Å². The minimum Gasteiger partial charge on any atom is -0.483 e. The Morgan fingerprint density at radius 2 is 1.88 bits per heavy atom. The van der Waals surface area contributed by atoms with Crippen LogP contribution in [0.5, 0.6) is 5.75 Å². The Kier molecular flexibility index (Phi) is 5.57. The lowest BCUT2D eigenvalue weighted by atomic mass is 9.86. The highest BCUT2D eigenvalue weighted by atomic mass is 16.5. The average molecular weight is 342 g/mol. The standard InChI is InChI=1S/C20H26N2O3/c1-13-11-16(20(4,5)6)8-10-17(13)24-12-19(23)22-21-15(3)18-9-7-14(2)25-18/h7-11,21H,3,12H2,1-2,4-6H3,(H,22,23). The second-order valence-electron chi connectivity index (χ2n) is 7.08. The number of carbonyl (C=O) groups is 1. The highest BCUT2D eigenvalue weighted by molar-refractivity contribution is 5.78. The summed E-state index contributed by atoms with van der Waals surface area (Å²) in [6.07, 6.45) is 0. The zero-order valence-electron chi connectivity index (χ0n) is 15.5. The van der Waals surface area contributed by atoms with E-state index in [0.29, 0.717) is 17.2 Å². The monoisotopic (exact) mass is 342 g/mol. The lowest BCUT2D eigenvalue weighted by molar-refractivity contribution is -0.123. The molecule has 5 heteroatoms. The fourth-order valence-corrected chi connectivity index (χ4v) is 2.26. The van der Waals surface area contributed by atoms with Gasteiger partial charge in [0.25, 0.3) is 5.91 Å². The Balaban J connectivity index is 1.85. The summed E-state index contributed by atoms with van der Waals surface area (Å²) >= 11 is 0. The van der Waals surface area contributed by atoms with E-state index in [2.05, 4.69) is 44.3 Å². The molecular formula is C20H26N2O3. The van der Waals surface area contributed by atoms with Crippen molar-refractivity contribution in [2.24, 2.45) is 0 Å². The number of carbonyl (C=O) groups excluding carboxylic acids is 1. The van der Waals surface area contributed by atoms with Crippen LogP contribution in [0.2, 0.25) is 0 Å². The molecule has 0 spiro atoms. The van der Waals surface area contributed by atoms with Crippen molar-refractivity contribution >= 4 is 11.6 Å². The molecule has 1 amide bonds. The molecule has 5 nitrogen and oxygen atoms in total. The maximum absolute atomic E-state index is 11.9. The molecule has 0 atom stereocenters. The summed E-state index contributed by atoms with van der Waals surface area (Å²) in [4.78, 5) is 11.9. The van der Waals surface area contributed by atoms with E-state index >= 15 is 0 Å². The van der Waals surface area contributed by atoms with Crippen LogP contribution in [0.25, 0.3) is 5.70 Å². The van der Waals surface area contributed by atoms with Gasteiger partial charge in [0.15, 0.2) is 12.4 Å². The SMILES string of the molecule is C=C(NNC(=O)COc1ccc(C(C)(C)C)cc1C)c1ccc(C)o1. The van der Waals surface area contributed by atoms with E-state index in [1.807, 2.05) is 32.0 Å². The molecule has 2 aromatic rings. The summed E-state index contributed by atoms with van der Waals surface area (Å²) in [6, 6.07) is 9.64. The van der Waals surface area contributed by atoms with E-state index in [4.69, 9.17) is 9.15 Å². The molecule has 0 radical (unpaired) electrons. The lowest BCUT2D eigenvalue weighted by Gasteiger charge is -2.20. The number of hydrogen-bond donors (Lipinski definition) is 2. The van der Waals surface area contributed by atoms with Crippen molar-refractivity contribution in [3.8, 4) is 5.75 Å². The normalized spacial score (nSPS) is 11.1. The molecule has 0 aliphatic carbocycles. The van der Waals surface area contributed by atoms with Gasteiger partial charge in [-0.15, -0.1) is 0 Å². The van der Waals surface area contributed by atoms with Crippen LogP contribution in [0.1, 0.15) is 43.4 Å². The fourth-order valence-electron chi connectivity index (χ4n) is 2.26. The first-order valence-corrected chi connectivity index (χ1v) is 8.21. The molecule has 2 rings (SSSR count). The molecule has 25 heavy (non-hydrogen) atoms. The van der Waals surface area contributed by atoms with Gasteiger partial charge in [-0.1, -0.05) is 39.5 Å². The van der Waals surface area contributed by atoms with Crippen molar-refractivity contribution in [2.45, 2.75) is 40.0 Å². The number of hydrogen-bond acceptors (Lipinski definition) is 4. The van der Waals surface area contributed by atoms with Crippen molar-refractivity contribution in [2.75, 3.05) is 6.61 Å². The summed E-state index contributed by atoms with van der Waals surface area (Å²) in [6.45, 7) is 14.0. The van der Waals surface area contributed by atoms with Gasteiger partial charge in [0, 0.05) is 0 Å². The minimum absolute atomic E-state index is 0.0785. The highest BCUT2D eigenvalue weighted by Gasteiger charge is 2.15. The van der Waals surface area contributed by atoms with Gasteiger partial charge in [0.2, 0.25) is 0 Å². The fraction of sp³-hybridized carbons (Fsp3) is 0.350. The molecule has 2 N–H and O–H groups in total. The van der Waals surface area contributed by atoms with Gasteiger partial charge in [-0.25, -0.2) is 0 Å². The van der Waals surface area contributed by atoms with Gasteiger partial charge in [-0.2, -0.15) is 0 Å². The van der Waals surface area contributed by atoms with Crippen molar-refractivity contribution in [1.82, 2.24) is 10.9 Å². The number of benzene rings is 1. The zero-order chi connectivity index (χ0) is 18.6. The van der Waals surface area contributed by atoms with Crippen molar-refractivity contribution in [3.63, 3.8) is 0 Å². The van der Waals surface area contributed by atoms with Crippen LogP contribution < -0.4 is 15.6 Å². The Hall–Kier alpha value is -2.69. The first-order valence-electron chi connectivity index (χ1n) is 8.21. The van der Waals surface area contributed by atoms with Gasteiger partial charge in [-0.3, -0.25) is 15.6 Å². The van der Waals surface area contributed by atoms with Crippen LogP contribution in [0.15, 0.2) is 41.3 Å². The van der Waals surface area contributed by atoms with Crippen LogP contribution in [0, 0.1) is 13.8 Å². The first-order chi connectivity index (χ1) is 11.7. The summed E-state index contributed by atoms with van der Waals surface area (Å²) in [5.74, 6) is 1.75. The largest absolute Gasteiger partial charge is 0.483 e. The van der Waals surface area contributed by atoms with E-state index in [1.165, 1.54) is 5.56 Å². The summed E-state index contributed by atoms with van der Waals surface area (Å²) in [5, 5.41) is 0. The van der Waals surface area contributed by atoms with Gasteiger partial charge >= 0.3 is 0 Å². The molecule has 0 fully saturated rings. The Morgan fingerprint density at radius 3 is 2.44 bits per heavy atom. The predicted octanol–water partition coefficient (Wildman–Crippen LogP) is 3.86. The van der Waals surface area contributed by atoms with E-state index in [-0.39, 0.29) is 17.9 Å². The van der Waals surface area contributed by atoms with Crippen LogP contribution in [0.4, 0.5) is 0 Å². The number of nitrogens with one attached hydrogen (secondary N) is 2. The highest BCUT2D eigenvalue weighted by Crippen LogP contribution is 2.27. The number of ether oxygens (including phenoxy) is 1. The van der Waals surface area contributed by atoms with Gasteiger partial charge in [0.05, 0.1) is 5.70 Å². The smallest absolute Gasteiger partial charge is 0.276 e. The third kappa shape index (κ3) is 5.14. The van der Waals surface area contributed by atoms with E-state index in [0.717, 1.165) is 11.3 Å². The van der Waals surface area contributed by atoms with Gasteiger partial charge in [0.1, 0.15) is 11.5 Å². The quantitative estimate of drug-likeness (QED) is 0.783. The average Bonchev–Trinajstić information content (AvgIpc) is 2.97. The summed E-state index contributed by atoms with van der Waals surface area (Å²) in [7, 11) is 0. The predicted molar refractivity (Wildman–Crippen MR) is 99.1 cm³/mol. The third-order valence-corrected chi connectivity index (χ3v) is 3.79.